The van der Waals surface area contributed by atoms with Crippen molar-refractivity contribution in [3.8, 4) is 0 Å². The number of nitrogens with one attached hydrogen (secondary N) is 1. The fourth-order valence-corrected chi connectivity index (χ4v) is 4.36. The molecule has 1 unspecified atom stereocenters. The van der Waals surface area contributed by atoms with Crippen molar-refractivity contribution >= 4 is 11.7 Å². The van der Waals surface area contributed by atoms with Crippen molar-refractivity contribution in [1.82, 2.24) is 10.2 Å². The highest BCUT2D eigenvalue weighted by molar-refractivity contribution is 6.01. The maximum absolute atomic E-state index is 13.3. The van der Waals surface area contributed by atoms with Gasteiger partial charge in [0.2, 0.25) is 0 Å². The summed E-state index contributed by atoms with van der Waals surface area (Å²) in [5, 5.41) is 3.20. The number of nitrogens with zero attached hydrogens (tertiary/aromatic N) is 1. The highest BCUT2D eigenvalue weighted by Gasteiger charge is 2.33. The Morgan fingerprint density at radius 2 is 1.48 bits per heavy atom. The minimum Gasteiger partial charge on any atom is -0.366 e. The first-order valence-corrected chi connectivity index (χ1v) is 10.0. The van der Waals surface area contributed by atoms with Crippen LogP contribution in [0.4, 0.5) is 0 Å². The van der Waals surface area contributed by atoms with Crippen molar-refractivity contribution in [2.24, 2.45) is 5.92 Å². The van der Waals surface area contributed by atoms with Gasteiger partial charge in [-0.2, -0.15) is 0 Å². The molecule has 1 aromatic rings. The van der Waals surface area contributed by atoms with Crippen LogP contribution in [0.2, 0.25) is 0 Å². The lowest BCUT2D eigenvalue weighted by Crippen LogP contribution is -2.51. The number of ether oxygens (including phenoxy) is 1. The molecule has 1 N–H and O–H groups in total. The van der Waals surface area contributed by atoms with E-state index in [1.54, 1.807) is 0 Å². The Hall–Kier alpha value is -1.72. The summed E-state index contributed by atoms with van der Waals surface area (Å²) in [5.41, 5.74) is 6.84. The summed E-state index contributed by atoms with van der Waals surface area (Å²) >= 11 is 0. The third kappa shape index (κ3) is 3.81. The molecular formula is C22H32N2O3. The van der Waals surface area contributed by atoms with E-state index in [4.69, 9.17) is 4.74 Å². The van der Waals surface area contributed by atoms with Crippen molar-refractivity contribution in [1.29, 1.82) is 0 Å². The molecule has 1 aromatic carbocycles. The molecule has 1 atom stereocenters. The van der Waals surface area contributed by atoms with Crippen molar-refractivity contribution in [2.75, 3.05) is 32.8 Å². The van der Waals surface area contributed by atoms with Gasteiger partial charge in [-0.25, -0.2) is 0 Å². The Morgan fingerprint density at radius 1 is 0.926 bits per heavy atom. The maximum Gasteiger partial charge on any atom is 0.253 e. The SMILES string of the molecule is Cc1c(C)c(C)c(C(=O)C2CCN(C(=O)C3CNCCO3)CC2)c(C)c1C. The van der Waals surface area contributed by atoms with Gasteiger partial charge in [0, 0.05) is 37.7 Å². The fourth-order valence-electron chi connectivity index (χ4n) is 4.36. The minimum absolute atomic E-state index is 0.00152. The van der Waals surface area contributed by atoms with Crippen molar-refractivity contribution in [3.05, 3.63) is 33.4 Å². The zero-order chi connectivity index (χ0) is 19.7. The van der Waals surface area contributed by atoms with E-state index in [-0.39, 0.29) is 23.7 Å². The molecule has 2 fully saturated rings. The van der Waals surface area contributed by atoms with E-state index in [0.29, 0.717) is 26.2 Å². The molecule has 27 heavy (non-hydrogen) atoms. The molecule has 2 aliphatic heterocycles. The zero-order valence-electron chi connectivity index (χ0n) is 17.3. The number of piperidine rings is 1. The van der Waals surface area contributed by atoms with Gasteiger partial charge in [-0.1, -0.05) is 0 Å². The molecule has 2 heterocycles. The van der Waals surface area contributed by atoms with Gasteiger partial charge in [0.25, 0.3) is 5.91 Å². The van der Waals surface area contributed by atoms with Crippen LogP contribution in [0.5, 0.6) is 0 Å². The number of likely N-dealkylation sites (tertiary alicyclic amines) is 1. The average Bonchev–Trinajstić information content (AvgIpc) is 2.71. The van der Waals surface area contributed by atoms with Gasteiger partial charge in [0.15, 0.2) is 5.78 Å². The van der Waals surface area contributed by atoms with Crippen LogP contribution >= 0.6 is 0 Å². The van der Waals surface area contributed by atoms with Crippen LogP contribution in [0.25, 0.3) is 0 Å². The summed E-state index contributed by atoms with van der Waals surface area (Å²) in [7, 11) is 0. The summed E-state index contributed by atoms with van der Waals surface area (Å²) < 4.78 is 5.58. The van der Waals surface area contributed by atoms with Crippen molar-refractivity contribution in [3.63, 3.8) is 0 Å². The molecule has 148 valence electrons. The second-order valence-electron chi connectivity index (χ2n) is 8.03. The summed E-state index contributed by atoms with van der Waals surface area (Å²) in [6.07, 6.45) is 1.09. The van der Waals surface area contributed by atoms with Crippen LogP contribution in [-0.2, 0) is 9.53 Å². The molecule has 2 saturated heterocycles. The van der Waals surface area contributed by atoms with Crippen LogP contribution in [-0.4, -0.2) is 55.5 Å². The highest BCUT2D eigenvalue weighted by Crippen LogP contribution is 2.31. The molecule has 0 bridgehead atoms. The number of Topliss-reactive ketones (excluding diaryl/α,β-unsaturated/α-hetero) is 1. The number of morpholine rings is 1. The van der Waals surface area contributed by atoms with Crippen LogP contribution < -0.4 is 5.32 Å². The number of rotatable bonds is 3. The van der Waals surface area contributed by atoms with Crippen LogP contribution in [0.15, 0.2) is 0 Å². The largest absolute Gasteiger partial charge is 0.366 e. The van der Waals surface area contributed by atoms with E-state index in [1.807, 2.05) is 4.90 Å². The Labute approximate surface area is 162 Å². The van der Waals surface area contributed by atoms with E-state index in [0.717, 1.165) is 36.1 Å². The first kappa shape index (κ1) is 20.0. The normalized spacial score (nSPS) is 21.4. The predicted octanol–water partition coefficient (Wildman–Crippen LogP) is 2.64. The minimum atomic E-state index is -0.377. The van der Waals surface area contributed by atoms with Gasteiger partial charge in [-0.05, 0) is 75.3 Å². The third-order valence-electron chi connectivity index (χ3n) is 6.63. The van der Waals surface area contributed by atoms with E-state index in [1.165, 1.54) is 16.7 Å². The number of hydrogen-bond donors (Lipinski definition) is 1. The fraction of sp³-hybridized carbons (Fsp3) is 0.636. The Kier molecular flexibility index (Phi) is 6.02. The molecular weight excluding hydrogens is 340 g/mol. The van der Waals surface area contributed by atoms with Crippen molar-refractivity contribution in [2.45, 2.75) is 53.6 Å². The molecule has 1 amide bonds. The summed E-state index contributed by atoms with van der Waals surface area (Å²) in [4.78, 5) is 27.8. The second-order valence-corrected chi connectivity index (χ2v) is 8.03. The van der Waals surface area contributed by atoms with Crippen LogP contribution in [0, 0.1) is 40.5 Å². The topological polar surface area (TPSA) is 58.6 Å². The lowest BCUT2D eigenvalue weighted by Gasteiger charge is -2.35. The van der Waals surface area contributed by atoms with E-state index < -0.39 is 0 Å². The molecule has 5 heteroatoms. The number of carbonyl (C=O) groups is 2. The van der Waals surface area contributed by atoms with Gasteiger partial charge >= 0.3 is 0 Å². The molecule has 0 radical (unpaired) electrons. The first-order valence-electron chi connectivity index (χ1n) is 10.0. The van der Waals surface area contributed by atoms with Gasteiger partial charge < -0.3 is 15.0 Å². The van der Waals surface area contributed by atoms with Gasteiger partial charge in [0.1, 0.15) is 6.10 Å². The number of carbonyl (C=O) groups excluding carboxylic acids is 2. The summed E-state index contributed by atoms with van der Waals surface area (Å²) in [6.45, 7) is 13.7. The molecule has 0 saturated carbocycles. The Balaban J connectivity index is 1.70. The Bertz CT molecular complexity index is 713. The molecule has 0 aromatic heterocycles. The first-order chi connectivity index (χ1) is 12.8. The average molecular weight is 373 g/mol. The smallest absolute Gasteiger partial charge is 0.253 e. The third-order valence-corrected chi connectivity index (χ3v) is 6.63. The standard InChI is InChI=1S/C22H32N2O3/c1-13-14(2)16(4)20(17(5)15(13)3)21(25)18-6-9-24(10-7-18)22(26)19-12-23-8-11-27-19/h18-19,23H,6-12H2,1-5H3. The van der Waals surface area contributed by atoms with Gasteiger partial charge in [0.05, 0.1) is 6.61 Å². The zero-order valence-corrected chi connectivity index (χ0v) is 17.3. The second kappa shape index (κ2) is 8.11. The molecule has 2 aliphatic rings. The summed E-state index contributed by atoms with van der Waals surface area (Å²) in [6, 6.07) is 0. The number of hydrogen-bond acceptors (Lipinski definition) is 4. The van der Waals surface area contributed by atoms with E-state index in [9.17, 15) is 9.59 Å². The molecule has 5 nitrogen and oxygen atoms in total. The lowest BCUT2D eigenvalue weighted by molar-refractivity contribution is -0.146. The number of amides is 1. The molecule has 0 spiro atoms. The van der Waals surface area contributed by atoms with Crippen molar-refractivity contribution < 1.29 is 14.3 Å². The quantitative estimate of drug-likeness (QED) is 0.829. The monoisotopic (exact) mass is 372 g/mol. The van der Waals surface area contributed by atoms with E-state index in [2.05, 4.69) is 39.9 Å². The maximum atomic E-state index is 13.3. The van der Waals surface area contributed by atoms with Gasteiger partial charge in [-0.3, -0.25) is 9.59 Å². The Morgan fingerprint density at radius 3 is 2.00 bits per heavy atom. The van der Waals surface area contributed by atoms with Crippen LogP contribution in [0.3, 0.4) is 0 Å². The van der Waals surface area contributed by atoms with Crippen LogP contribution in [0.1, 0.15) is 51.0 Å². The summed E-state index contributed by atoms with van der Waals surface area (Å²) in [5.74, 6) is 0.305. The lowest BCUT2D eigenvalue weighted by atomic mass is 9.81. The highest BCUT2D eigenvalue weighted by atomic mass is 16.5. The predicted molar refractivity (Wildman–Crippen MR) is 106 cm³/mol. The number of benzene rings is 1. The molecule has 0 aliphatic carbocycles. The molecule has 3 rings (SSSR count). The van der Waals surface area contributed by atoms with E-state index >= 15 is 0 Å². The van der Waals surface area contributed by atoms with Gasteiger partial charge in [-0.15, -0.1) is 0 Å². The number of ketones is 1.